The maximum absolute atomic E-state index is 16.8. The van der Waals surface area contributed by atoms with E-state index in [1.807, 2.05) is 0 Å². The van der Waals surface area contributed by atoms with E-state index in [1.54, 1.807) is 51.1 Å². The molecule has 2 amide bonds. The third-order valence-electron chi connectivity index (χ3n) is 10.2. The summed E-state index contributed by atoms with van der Waals surface area (Å²) in [6.45, 7) is -3.44. The summed E-state index contributed by atoms with van der Waals surface area (Å²) in [5.41, 5.74) is -0.0275. The van der Waals surface area contributed by atoms with Gasteiger partial charge in [-0.25, -0.2) is 24.3 Å². The van der Waals surface area contributed by atoms with Crippen molar-refractivity contribution in [3.05, 3.63) is 65.2 Å². The van der Waals surface area contributed by atoms with Gasteiger partial charge in [0.1, 0.15) is 24.6 Å². The van der Waals surface area contributed by atoms with Crippen LogP contribution in [-0.2, 0) is 56.0 Å². The van der Waals surface area contributed by atoms with E-state index in [0.717, 1.165) is 0 Å². The summed E-state index contributed by atoms with van der Waals surface area (Å²) in [7, 11) is 0. The molecule has 2 bridgehead atoms. The second-order valence-electron chi connectivity index (χ2n) is 14.6. The molecule has 4 aromatic heterocycles. The van der Waals surface area contributed by atoms with Crippen molar-refractivity contribution >= 4 is 82.7 Å². The number of ether oxygens (including phenoxy) is 2. The quantitative estimate of drug-likeness (QED) is 0.161. The van der Waals surface area contributed by atoms with Gasteiger partial charge in [0.05, 0.1) is 38.0 Å². The van der Waals surface area contributed by atoms with Crippen LogP contribution in [-0.4, -0.2) is 106 Å². The molecule has 26 heteroatoms. The Morgan fingerprint density at radius 3 is 2.43 bits per heavy atom. The van der Waals surface area contributed by atoms with E-state index >= 15 is 4.39 Å². The number of amides is 2. The highest BCUT2D eigenvalue weighted by molar-refractivity contribution is 8.10. The Kier molecular flexibility index (Phi) is 12.3. The van der Waals surface area contributed by atoms with Crippen molar-refractivity contribution in [3.63, 3.8) is 0 Å². The van der Waals surface area contributed by atoms with Crippen LogP contribution < -0.4 is 16.2 Å². The molecule has 0 saturated carbocycles. The predicted octanol–water partition coefficient (Wildman–Crippen LogP) is 3.83. The van der Waals surface area contributed by atoms with Crippen LogP contribution in [0.3, 0.4) is 0 Å². The minimum absolute atomic E-state index is 0.0385. The lowest BCUT2D eigenvalue weighted by molar-refractivity contribution is -0.118. The van der Waals surface area contributed by atoms with Gasteiger partial charge in [0.15, 0.2) is 53.3 Å². The molecule has 0 spiro atoms. The number of halogens is 1. The zero-order valence-corrected chi connectivity index (χ0v) is 35.9. The van der Waals surface area contributed by atoms with Gasteiger partial charge in [-0.1, -0.05) is 39.0 Å². The number of nitriles is 1. The molecular formula is C35H38FN11O10P2S2. The number of rotatable bonds is 8. The first-order valence-corrected chi connectivity index (χ1v) is 24.3. The van der Waals surface area contributed by atoms with Crippen LogP contribution >= 0.6 is 13.2 Å². The molecule has 21 nitrogen and oxygen atoms in total. The van der Waals surface area contributed by atoms with Gasteiger partial charge in [0, 0.05) is 30.0 Å². The number of anilines is 2. The van der Waals surface area contributed by atoms with Gasteiger partial charge in [-0.3, -0.25) is 38.3 Å². The Morgan fingerprint density at radius 2 is 1.69 bits per heavy atom. The molecule has 4 N–H and O–H groups in total. The van der Waals surface area contributed by atoms with Gasteiger partial charge < -0.3 is 33.3 Å². The molecule has 0 aliphatic carbocycles. The number of carbonyl (C=O) groups is 2. The van der Waals surface area contributed by atoms with E-state index in [9.17, 15) is 24.5 Å². The van der Waals surface area contributed by atoms with Crippen LogP contribution in [0.5, 0.6) is 0 Å². The SMILES string of the molecule is CC(C)C(=O)Nc1nc2c(ncn2C2OC3COP(O)(=S)OC4C(COP(=S)(CCC#N)OC2C3C)OC(n2cnc3c(NC(=O)c5ccccc5)ncnc32)C4F)c(=O)[nH]1. The third kappa shape index (κ3) is 8.78. The first-order valence-electron chi connectivity index (χ1n) is 18.9. The Morgan fingerprint density at radius 1 is 0.984 bits per heavy atom. The summed E-state index contributed by atoms with van der Waals surface area (Å²) in [5.74, 6) is -1.88. The summed E-state index contributed by atoms with van der Waals surface area (Å²) < 4.78 is 56.8. The highest BCUT2D eigenvalue weighted by atomic mass is 32.5. The van der Waals surface area contributed by atoms with E-state index in [4.69, 9.17) is 51.2 Å². The van der Waals surface area contributed by atoms with Crippen molar-refractivity contribution in [1.82, 2.24) is 39.0 Å². The summed E-state index contributed by atoms with van der Waals surface area (Å²) >= 11 is 11.4. The van der Waals surface area contributed by atoms with Gasteiger partial charge >= 0.3 is 6.72 Å². The van der Waals surface area contributed by atoms with E-state index in [1.165, 1.54) is 28.1 Å². The Labute approximate surface area is 355 Å². The number of aromatic amines is 1. The molecule has 10 unspecified atom stereocenters. The van der Waals surface area contributed by atoms with Crippen molar-refractivity contribution < 1.29 is 46.4 Å². The lowest BCUT2D eigenvalue weighted by atomic mass is 10.0. The lowest BCUT2D eigenvalue weighted by Crippen LogP contribution is -2.34. The smallest absolute Gasteiger partial charge is 0.325 e. The fourth-order valence-electron chi connectivity index (χ4n) is 6.98. The van der Waals surface area contributed by atoms with Crippen molar-refractivity contribution in [1.29, 1.82) is 5.26 Å². The second kappa shape index (κ2) is 17.3. The van der Waals surface area contributed by atoms with Gasteiger partial charge in [-0.15, -0.1) is 0 Å². The normalized spacial score (nSPS) is 30.6. The second-order valence-corrected chi connectivity index (χ2v) is 21.2. The summed E-state index contributed by atoms with van der Waals surface area (Å²) in [6, 6.07) is 10.5. The molecule has 5 aromatic rings. The molecule has 322 valence electrons. The first-order chi connectivity index (χ1) is 29.1. The average molecular weight is 918 g/mol. The van der Waals surface area contributed by atoms with E-state index < -0.39 is 86.2 Å². The zero-order chi connectivity index (χ0) is 43.2. The monoisotopic (exact) mass is 917 g/mol. The summed E-state index contributed by atoms with van der Waals surface area (Å²) in [4.78, 5) is 73.9. The molecule has 3 saturated heterocycles. The van der Waals surface area contributed by atoms with Crippen LogP contribution in [0.15, 0.2) is 54.1 Å². The summed E-state index contributed by atoms with van der Waals surface area (Å²) in [5, 5.41) is 14.9. The number of fused-ring (bicyclic) bond motifs is 5. The number of benzene rings is 1. The van der Waals surface area contributed by atoms with Crippen molar-refractivity contribution in [2.24, 2.45) is 11.8 Å². The molecule has 0 radical (unpaired) electrons. The fourth-order valence-corrected chi connectivity index (χ4v) is 10.9. The minimum atomic E-state index is -4.26. The lowest BCUT2D eigenvalue weighted by Gasteiger charge is -2.31. The maximum atomic E-state index is 16.8. The number of imidazole rings is 2. The van der Waals surface area contributed by atoms with Crippen LogP contribution in [0.2, 0.25) is 0 Å². The number of alkyl halides is 1. The Bertz CT molecular complexity index is 2680. The van der Waals surface area contributed by atoms with Crippen molar-refractivity contribution in [2.75, 3.05) is 30.0 Å². The highest BCUT2D eigenvalue weighted by Crippen LogP contribution is 2.57. The number of carbonyl (C=O) groups excluding carboxylic acids is 2. The van der Waals surface area contributed by atoms with Gasteiger partial charge in [0.2, 0.25) is 11.9 Å². The molecule has 1 aromatic carbocycles. The standard InChI is InChI=1S/C35H38FN11O10P2S2/c1-17(2)30(48)44-35-43-29-24(32(50)45-35)41-16-47(29)34-25-18(3)20(54-34)12-53-59(51,61)57-26-21(13-52-58(60,56-25)11-7-10-37)55-33(22(26)36)46-15-40-23-27(38-14-39-28(23)46)42-31(49)19-8-5-4-6-9-19/h4-6,8-9,14-18,20-22,25-26,33-34H,7,11-13H2,1-3H3,(H,51,61)(H,38,39,42,49)(H2,43,44,45,48,50). The predicted molar refractivity (Wildman–Crippen MR) is 221 cm³/mol. The highest BCUT2D eigenvalue weighted by Gasteiger charge is 2.52. The maximum Gasteiger partial charge on any atom is 0.325 e. The first kappa shape index (κ1) is 43.2. The average Bonchev–Trinajstić information content (AvgIpc) is 4.00. The molecule has 7 heterocycles. The van der Waals surface area contributed by atoms with Gasteiger partial charge in [0.25, 0.3) is 11.5 Å². The molecule has 61 heavy (non-hydrogen) atoms. The van der Waals surface area contributed by atoms with Crippen LogP contribution in [0, 0.1) is 23.2 Å². The number of H-pyrrole nitrogens is 1. The zero-order valence-electron chi connectivity index (χ0n) is 32.4. The van der Waals surface area contributed by atoms with Crippen LogP contribution in [0.25, 0.3) is 22.3 Å². The topological polar surface area (TPSA) is 265 Å². The Hall–Kier alpha value is -4.50. The molecule has 8 rings (SSSR count). The molecule has 3 aliphatic heterocycles. The number of nitrogens with zero attached hydrogens (tertiary/aromatic N) is 8. The van der Waals surface area contributed by atoms with E-state index in [2.05, 4.69) is 46.6 Å². The number of aromatic nitrogens is 8. The number of hydrogen-bond donors (Lipinski definition) is 4. The van der Waals surface area contributed by atoms with Crippen LogP contribution in [0.4, 0.5) is 16.2 Å². The van der Waals surface area contributed by atoms with Crippen LogP contribution in [0.1, 0.15) is 50.0 Å². The Balaban J connectivity index is 1.10. The van der Waals surface area contributed by atoms with E-state index in [-0.39, 0.29) is 59.2 Å². The molecule has 10 atom stereocenters. The number of hydrogen-bond acceptors (Lipinski definition) is 17. The van der Waals surface area contributed by atoms with Crippen molar-refractivity contribution in [3.8, 4) is 6.07 Å². The third-order valence-corrected chi connectivity index (χ3v) is 14.8. The molecule has 3 fully saturated rings. The van der Waals surface area contributed by atoms with Gasteiger partial charge in [-0.05, 0) is 35.7 Å². The largest absolute Gasteiger partial charge is 0.349 e. The summed E-state index contributed by atoms with van der Waals surface area (Å²) in [6.07, 6.45) is -5.61. The van der Waals surface area contributed by atoms with E-state index in [0.29, 0.717) is 5.56 Å². The molecule has 3 aliphatic rings. The van der Waals surface area contributed by atoms with Gasteiger partial charge in [-0.2, -0.15) is 10.2 Å². The number of nitrogens with one attached hydrogen (secondary N) is 3. The fraction of sp³-hybridized carbons (Fsp3) is 0.457. The van der Waals surface area contributed by atoms with Crippen molar-refractivity contribution in [2.45, 2.75) is 70.2 Å². The molecular weight excluding hydrogens is 880 g/mol. The minimum Gasteiger partial charge on any atom is -0.349 e.